The molecule has 0 aromatic heterocycles. The van der Waals surface area contributed by atoms with Crippen LogP contribution in [0.25, 0.3) is 0 Å². The Balaban J connectivity index is 2.31. The molecular formula is C13H17Cl. The summed E-state index contributed by atoms with van der Waals surface area (Å²) in [5.41, 5.74) is 4.16. The lowest BCUT2D eigenvalue weighted by Crippen LogP contribution is -2.05. The summed E-state index contributed by atoms with van der Waals surface area (Å²) in [5.74, 6) is 0.593. The van der Waals surface area contributed by atoms with Crippen molar-refractivity contribution in [3.05, 3.63) is 34.9 Å². The zero-order valence-electron chi connectivity index (χ0n) is 8.89. The maximum absolute atomic E-state index is 6.32. The van der Waals surface area contributed by atoms with Gasteiger partial charge in [0.1, 0.15) is 0 Å². The van der Waals surface area contributed by atoms with Gasteiger partial charge in [0.2, 0.25) is 0 Å². The highest BCUT2D eigenvalue weighted by Crippen LogP contribution is 2.38. The number of rotatable bonds is 1. The van der Waals surface area contributed by atoms with Crippen LogP contribution < -0.4 is 0 Å². The zero-order valence-corrected chi connectivity index (χ0v) is 9.64. The molecule has 2 rings (SSSR count). The molecule has 0 N–H and O–H groups in total. The highest BCUT2D eigenvalue weighted by molar-refractivity contribution is 6.21. The molecule has 76 valence electrons. The minimum absolute atomic E-state index is 0.358. The quantitative estimate of drug-likeness (QED) is 0.608. The number of aryl methyl sites for hydroxylation is 2. The fraction of sp³-hybridized carbons (Fsp3) is 0.538. The van der Waals surface area contributed by atoms with Crippen LogP contribution in [0.2, 0.25) is 0 Å². The molecule has 2 unspecified atom stereocenters. The van der Waals surface area contributed by atoms with Crippen molar-refractivity contribution < 1.29 is 0 Å². The van der Waals surface area contributed by atoms with Crippen molar-refractivity contribution in [1.82, 2.24) is 0 Å². The Kier molecular flexibility index (Phi) is 2.83. The van der Waals surface area contributed by atoms with E-state index >= 15 is 0 Å². The molecule has 2 atom stereocenters. The Morgan fingerprint density at radius 1 is 1.07 bits per heavy atom. The van der Waals surface area contributed by atoms with E-state index in [1.807, 2.05) is 0 Å². The van der Waals surface area contributed by atoms with Crippen molar-refractivity contribution in [3.8, 4) is 0 Å². The Labute approximate surface area is 91.3 Å². The van der Waals surface area contributed by atoms with Crippen LogP contribution in [0.5, 0.6) is 0 Å². The van der Waals surface area contributed by atoms with E-state index in [9.17, 15) is 0 Å². The summed E-state index contributed by atoms with van der Waals surface area (Å²) in [6, 6.07) is 6.80. The predicted molar refractivity (Wildman–Crippen MR) is 62.1 cm³/mol. The molecule has 0 aliphatic heterocycles. The molecule has 0 bridgehead atoms. The average molecular weight is 209 g/mol. The van der Waals surface area contributed by atoms with E-state index < -0.39 is 0 Å². The third-order valence-corrected chi connectivity index (χ3v) is 3.63. The summed E-state index contributed by atoms with van der Waals surface area (Å²) < 4.78 is 0. The number of halogens is 1. The van der Waals surface area contributed by atoms with Gasteiger partial charge in [0, 0.05) is 11.3 Å². The third kappa shape index (κ3) is 1.95. The number of hydrogen-bond donors (Lipinski definition) is 0. The minimum atomic E-state index is 0.358. The summed E-state index contributed by atoms with van der Waals surface area (Å²) in [5, 5.41) is 0.358. The van der Waals surface area contributed by atoms with Gasteiger partial charge in [0.25, 0.3) is 0 Å². The van der Waals surface area contributed by atoms with Crippen molar-refractivity contribution >= 4 is 11.6 Å². The van der Waals surface area contributed by atoms with Crippen molar-refractivity contribution in [3.63, 3.8) is 0 Å². The molecule has 1 aromatic rings. The molecule has 0 amide bonds. The van der Waals surface area contributed by atoms with E-state index in [-0.39, 0.29) is 0 Å². The summed E-state index contributed by atoms with van der Waals surface area (Å²) >= 11 is 6.32. The largest absolute Gasteiger partial charge is 0.122 e. The molecule has 14 heavy (non-hydrogen) atoms. The molecule has 0 saturated heterocycles. The first-order valence-corrected chi connectivity index (χ1v) is 5.83. The SMILES string of the molecule is Cc1cc(C)cc(C2CCCC2Cl)c1. The molecule has 0 heterocycles. The molecule has 1 aliphatic carbocycles. The Bertz CT molecular complexity index is 310. The van der Waals surface area contributed by atoms with Crippen LogP contribution in [0.1, 0.15) is 41.9 Å². The summed E-state index contributed by atoms with van der Waals surface area (Å²) in [4.78, 5) is 0. The van der Waals surface area contributed by atoms with Crippen LogP contribution >= 0.6 is 11.6 Å². The highest BCUT2D eigenvalue weighted by atomic mass is 35.5. The van der Waals surface area contributed by atoms with Crippen molar-refractivity contribution in [2.45, 2.75) is 44.4 Å². The van der Waals surface area contributed by atoms with Gasteiger partial charge in [-0.2, -0.15) is 0 Å². The standard InChI is InChI=1S/C13H17Cl/c1-9-6-10(2)8-11(7-9)12-4-3-5-13(12)14/h6-8,12-13H,3-5H2,1-2H3. The van der Waals surface area contributed by atoms with Gasteiger partial charge >= 0.3 is 0 Å². The minimum Gasteiger partial charge on any atom is -0.122 e. The van der Waals surface area contributed by atoms with E-state index in [0.29, 0.717) is 11.3 Å². The van der Waals surface area contributed by atoms with Crippen LogP contribution in [0.3, 0.4) is 0 Å². The van der Waals surface area contributed by atoms with Crippen molar-refractivity contribution in [1.29, 1.82) is 0 Å². The summed E-state index contributed by atoms with van der Waals surface area (Å²) in [7, 11) is 0. The molecule has 0 spiro atoms. The zero-order chi connectivity index (χ0) is 10.1. The second-order valence-electron chi connectivity index (χ2n) is 4.47. The fourth-order valence-electron chi connectivity index (χ4n) is 2.51. The predicted octanol–water partition coefficient (Wildman–Crippen LogP) is 4.18. The first-order valence-electron chi connectivity index (χ1n) is 5.39. The molecule has 1 saturated carbocycles. The molecule has 0 nitrogen and oxygen atoms in total. The number of alkyl halides is 1. The van der Waals surface area contributed by atoms with Crippen molar-refractivity contribution in [2.24, 2.45) is 0 Å². The average Bonchev–Trinajstić information content (AvgIpc) is 2.49. The molecular weight excluding hydrogens is 192 g/mol. The van der Waals surface area contributed by atoms with E-state index in [0.717, 1.165) is 0 Å². The van der Waals surface area contributed by atoms with Gasteiger partial charge in [-0.25, -0.2) is 0 Å². The molecule has 1 heteroatoms. The first kappa shape index (κ1) is 10.0. The maximum Gasteiger partial charge on any atom is 0.0404 e. The summed E-state index contributed by atoms with van der Waals surface area (Å²) in [6.07, 6.45) is 3.72. The monoisotopic (exact) mass is 208 g/mol. The highest BCUT2D eigenvalue weighted by Gasteiger charge is 2.26. The Morgan fingerprint density at radius 3 is 2.21 bits per heavy atom. The molecule has 0 radical (unpaired) electrons. The lowest BCUT2D eigenvalue weighted by Gasteiger charge is -2.15. The number of hydrogen-bond acceptors (Lipinski definition) is 0. The van der Waals surface area contributed by atoms with Gasteiger partial charge in [-0.3, -0.25) is 0 Å². The van der Waals surface area contributed by atoms with Gasteiger partial charge in [0.15, 0.2) is 0 Å². The third-order valence-electron chi connectivity index (χ3n) is 3.10. The Hall–Kier alpha value is -0.490. The van der Waals surface area contributed by atoms with Crippen molar-refractivity contribution in [2.75, 3.05) is 0 Å². The van der Waals surface area contributed by atoms with Gasteiger partial charge < -0.3 is 0 Å². The topological polar surface area (TPSA) is 0 Å². The van der Waals surface area contributed by atoms with Gasteiger partial charge in [0.05, 0.1) is 0 Å². The van der Waals surface area contributed by atoms with Gasteiger partial charge in [-0.1, -0.05) is 35.7 Å². The van der Waals surface area contributed by atoms with E-state index in [4.69, 9.17) is 11.6 Å². The van der Waals surface area contributed by atoms with Crippen LogP contribution in [0, 0.1) is 13.8 Å². The van der Waals surface area contributed by atoms with Gasteiger partial charge in [-0.05, 0) is 32.3 Å². The smallest absolute Gasteiger partial charge is 0.0404 e. The second kappa shape index (κ2) is 3.94. The van der Waals surface area contributed by atoms with Gasteiger partial charge in [-0.15, -0.1) is 11.6 Å². The number of benzene rings is 1. The molecule has 1 aromatic carbocycles. The van der Waals surface area contributed by atoms with E-state index in [2.05, 4.69) is 32.0 Å². The lowest BCUT2D eigenvalue weighted by molar-refractivity contribution is 0.728. The summed E-state index contributed by atoms with van der Waals surface area (Å²) in [6.45, 7) is 4.32. The van der Waals surface area contributed by atoms with Crippen LogP contribution in [-0.2, 0) is 0 Å². The van der Waals surface area contributed by atoms with E-state index in [1.54, 1.807) is 0 Å². The normalized spacial score (nSPS) is 26.8. The van der Waals surface area contributed by atoms with Crippen LogP contribution in [-0.4, -0.2) is 5.38 Å². The maximum atomic E-state index is 6.32. The molecule has 1 aliphatic rings. The lowest BCUT2D eigenvalue weighted by atomic mass is 9.94. The van der Waals surface area contributed by atoms with E-state index in [1.165, 1.54) is 36.0 Å². The second-order valence-corrected chi connectivity index (χ2v) is 5.04. The Morgan fingerprint density at radius 2 is 1.71 bits per heavy atom. The van der Waals surface area contributed by atoms with Crippen LogP contribution in [0.4, 0.5) is 0 Å². The first-order chi connectivity index (χ1) is 6.66. The van der Waals surface area contributed by atoms with Crippen LogP contribution in [0.15, 0.2) is 18.2 Å². The fourth-order valence-corrected chi connectivity index (χ4v) is 2.94. The molecule has 1 fully saturated rings.